The van der Waals surface area contributed by atoms with Gasteiger partial charge in [0.2, 0.25) is 0 Å². The van der Waals surface area contributed by atoms with Gasteiger partial charge < -0.3 is 9.84 Å². The molecule has 2 rings (SSSR count). The molecule has 2 heteroatoms. The lowest BCUT2D eigenvalue weighted by atomic mass is 9.85. The van der Waals surface area contributed by atoms with Crippen molar-refractivity contribution in [2.45, 2.75) is 46.0 Å². The molecule has 1 N–H and O–H groups in total. The Morgan fingerprint density at radius 3 is 2.09 bits per heavy atom. The first kappa shape index (κ1) is 17.6. The largest absolute Gasteiger partial charge is 0.493 e. The van der Waals surface area contributed by atoms with Crippen molar-refractivity contribution in [3.05, 3.63) is 53.6 Å². The van der Waals surface area contributed by atoms with E-state index in [1.807, 2.05) is 12.1 Å². The number of hydrogen-bond donors (Lipinski definition) is 1. The van der Waals surface area contributed by atoms with Crippen LogP contribution in [-0.2, 0) is 0 Å². The molecular formula is C21H28O2. The van der Waals surface area contributed by atoms with Crippen LogP contribution in [0.2, 0.25) is 0 Å². The fraction of sp³-hybridized carbons (Fsp3) is 0.429. The van der Waals surface area contributed by atoms with Gasteiger partial charge in [-0.3, -0.25) is 0 Å². The van der Waals surface area contributed by atoms with Crippen molar-refractivity contribution in [3.63, 3.8) is 0 Å². The Morgan fingerprint density at radius 1 is 0.913 bits per heavy atom. The summed E-state index contributed by atoms with van der Waals surface area (Å²) < 4.78 is 5.75. The minimum absolute atomic E-state index is 0.160. The molecule has 0 radical (unpaired) electrons. The van der Waals surface area contributed by atoms with Gasteiger partial charge >= 0.3 is 0 Å². The van der Waals surface area contributed by atoms with Crippen LogP contribution in [0.15, 0.2) is 42.5 Å². The van der Waals surface area contributed by atoms with Gasteiger partial charge in [-0.15, -0.1) is 0 Å². The topological polar surface area (TPSA) is 29.5 Å². The monoisotopic (exact) mass is 312 g/mol. The Bertz CT molecular complexity index is 603. The van der Waals surface area contributed by atoms with Crippen LogP contribution in [0.5, 0.6) is 5.75 Å². The SMILES string of the molecule is CC(C)c1cccc(C(C)C)c1-c1cccc(OCCCO)c1. The van der Waals surface area contributed by atoms with E-state index in [0.29, 0.717) is 24.9 Å². The first-order valence-corrected chi connectivity index (χ1v) is 8.51. The lowest BCUT2D eigenvalue weighted by molar-refractivity contribution is 0.233. The summed E-state index contributed by atoms with van der Waals surface area (Å²) >= 11 is 0. The third kappa shape index (κ3) is 4.35. The summed E-state index contributed by atoms with van der Waals surface area (Å²) in [6.45, 7) is 9.67. The quantitative estimate of drug-likeness (QED) is 0.697. The summed E-state index contributed by atoms with van der Waals surface area (Å²) in [5.74, 6) is 1.81. The molecule has 0 aliphatic rings. The first-order valence-electron chi connectivity index (χ1n) is 8.51. The Hall–Kier alpha value is -1.80. The third-order valence-electron chi connectivity index (χ3n) is 4.07. The van der Waals surface area contributed by atoms with Gasteiger partial charge in [0.15, 0.2) is 0 Å². The van der Waals surface area contributed by atoms with E-state index in [4.69, 9.17) is 9.84 Å². The van der Waals surface area contributed by atoms with E-state index in [2.05, 4.69) is 58.0 Å². The molecule has 23 heavy (non-hydrogen) atoms. The average molecular weight is 312 g/mol. The van der Waals surface area contributed by atoms with Crippen LogP contribution in [0.4, 0.5) is 0 Å². The van der Waals surface area contributed by atoms with E-state index in [1.54, 1.807) is 0 Å². The molecule has 0 bridgehead atoms. The van der Waals surface area contributed by atoms with Crippen LogP contribution in [0.1, 0.15) is 57.1 Å². The number of rotatable bonds is 7. The minimum atomic E-state index is 0.160. The molecule has 0 spiro atoms. The van der Waals surface area contributed by atoms with Gasteiger partial charge in [0.25, 0.3) is 0 Å². The molecule has 2 nitrogen and oxygen atoms in total. The molecule has 0 unspecified atom stereocenters. The lowest BCUT2D eigenvalue weighted by Gasteiger charge is -2.20. The Kier molecular flexibility index (Phi) is 6.23. The first-order chi connectivity index (χ1) is 11.0. The summed E-state index contributed by atoms with van der Waals surface area (Å²) in [6, 6.07) is 14.9. The molecule has 0 saturated heterocycles. The van der Waals surface area contributed by atoms with Crippen LogP contribution >= 0.6 is 0 Å². The van der Waals surface area contributed by atoms with E-state index in [1.165, 1.54) is 22.3 Å². The number of benzene rings is 2. The molecule has 124 valence electrons. The summed E-state index contributed by atoms with van der Waals surface area (Å²) in [6.07, 6.45) is 0.657. The summed E-state index contributed by atoms with van der Waals surface area (Å²) in [5.41, 5.74) is 5.30. The van der Waals surface area contributed by atoms with E-state index >= 15 is 0 Å². The van der Waals surface area contributed by atoms with Crippen molar-refractivity contribution >= 4 is 0 Å². The molecule has 0 amide bonds. The molecule has 0 aliphatic heterocycles. The highest BCUT2D eigenvalue weighted by atomic mass is 16.5. The lowest BCUT2D eigenvalue weighted by Crippen LogP contribution is -2.01. The predicted octanol–water partition coefficient (Wildman–Crippen LogP) is 5.36. The highest BCUT2D eigenvalue weighted by Crippen LogP contribution is 2.37. The van der Waals surface area contributed by atoms with Crippen LogP contribution in [0.25, 0.3) is 11.1 Å². The average Bonchev–Trinajstić information content (AvgIpc) is 2.54. The maximum Gasteiger partial charge on any atom is 0.119 e. The Labute approximate surface area is 140 Å². The van der Waals surface area contributed by atoms with E-state index in [-0.39, 0.29) is 6.61 Å². The smallest absolute Gasteiger partial charge is 0.119 e. The second kappa shape index (κ2) is 8.16. The van der Waals surface area contributed by atoms with Gasteiger partial charge in [-0.25, -0.2) is 0 Å². The molecule has 2 aromatic rings. The Morgan fingerprint density at radius 2 is 1.52 bits per heavy atom. The van der Waals surface area contributed by atoms with Crippen molar-refractivity contribution in [2.75, 3.05) is 13.2 Å². The van der Waals surface area contributed by atoms with E-state index in [9.17, 15) is 0 Å². The van der Waals surface area contributed by atoms with E-state index in [0.717, 1.165) is 5.75 Å². The second-order valence-corrected chi connectivity index (χ2v) is 6.57. The minimum Gasteiger partial charge on any atom is -0.493 e. The summed E-state index contributed by atoms with van der Waals surface area (Å²) in [7, 11) is 0. The van der Waals surface area contributed by atoms with Gasteiger partial charge in [-0.05, 0) is 46.2 Å². The van der Waals surface area contributed by atoms with Gasteiger partial charge in [0.1, 0.15) is 5.75 Å². The van der Waals surface area contributed by atoms with E-state index < -0.39 is 0 Å². The number of aliphatic hydroxyl groups excluding tert-OH is 1. The summed E-state index contributed by atoms with van der Waals surface area (Å²) in [5, 5.41) is 8.89. The molecule has 0 fully saturated rings. The number of aliphatic hydroxyl groups is 1. The maximum absolute atomic E-state index is 8.89. The third-order valence-corrected chi connectivity index (χ3v) is 4.07. The zero-order chi connectivity index (χ0) is 16.8. The Balaban J connectivity index is 2.46. The number of ether oxygens (including phenoxy) is 1. The van der Waals surface area contributed by atoms with Crippen LogP contribution in [-0.4, -0.2) is 18.3 Å². The normalized spacial score (nSPS) is 11.3. The molecule has 0 aromatic heterocycles. The summed E-state index contributed by atoms with van der Waals surface area (Å²) in [4.78, 5) is 0. The van der Waals surface area contributed by atoms with Crippen LogP contribution in [0, 0.1) is 0 Å². The van der Waals surface area contributed by atoms with Crippen molar-refractivity contribution < 1.29 is 9.84 Å². The molecule has 0 atom stereocenters. The van der Waals surface area contributed by atoms with Crippen LogP contribution in [0.3, 0.4) is 0 Å². The highest BCUT2D eigenvalue weighted by molar-refractivity contribution is 5.73. The maximum atomic E-state index is 8.89. The molecular weight excluding hydrogens is 284 g/mol. The molecule has 2 aromatic carbocycles. The van der Waals surface area contributed by atoms with Crippen molar-refractivity contribution in [1.29, 1.82) is 0 Å². The van der Waals surface area contributed by atoms with Crippen molar-refractivity contribution in [1.82, 2.24) is 0 Å². The van der Waals surface area contributed by atoms with Crippen LogP contribution < -0.4 is 4.74 Å². The van der Waals surface area contributed by atoms with Gasteiger partial charge in [0.05, 0.1) is 6.61 Å². The fourth-order valence-electron chi connectivity index (χ4n) is 2.88. The predicted molar refractivity (Wildman–Crippen MR) is 97.3 cm³/mol. The van der Waals surface area contributed by atoms with Gasteiger partial charge in [-0.1, -0.05) is 58.0 Å². The van der Waals surface area contributed by atoms with Crippen molar-refractivity contribution in [3.8, 4) is 16.9 Å². The standard InChI is InChI=1S/C21H28O2/c1-15(2)19-10-6-11-20(16(3)4)21(19)17-8-5-9-18(14-17)23-13-7-12-22/h5-6,8-11,14-16,22H,7,12-13H2,1-4H3. The zero-order valence-corrected chi connectivity index (χ0v) is 14.7. The van der Waals surface area contributed by atoms with Gasteiger partial charge in [0, 0.05) is 13.0 Å². The molecule has 0 heterocycles. The molecule has 0 saturated carbocycles. The second-order valence-electron chi connectivity index (χ2n) is 6.57. The zero-order valence-electron chi connectivity index (χ0n) is 14.7. The van der Waals surface area contributed by atoms with Crippen molar-refractivity contribution in [2.24, 2.45) is 0 Å². The number of hydrogen-bond acceptors (Lipinski definition) is 2. The fourth-order valence-corrected chi connectivity index (χ4v) is 2.88. The molecule has 0 aliphatic carbocycles. The highest BCUT2D eigenvalue weighted by Gasteiger charge is 2.15. The van der Waals surface area contributed by atoms with Gasteiger partial charge in [-0.2, -0.15) is 0 Å².